The molecule has 0 aliphatic carbocycles. The van der Waals surface area contributed by atoms with Crippen molar-refractivity contribution in [3.8, 4) is 17.0 Å². The van der Waals surface area contributed by atoms with Gasteiger partial charge in [0.25, 0.3) is 0 Å². The van der Waals surface area contributed by atoms with Crippen LogP contribution in [0.2, 0.25) is 0 Å². The van der Waals surface area contributed by atoms with E-state index in [9.17, 15) is 0 Å². The summed E-state index contributed by atoms with van der Waals surface area (Å²) in [6.07, 6.45) is 4.28. The Morgan fingerprint density at radius 2 is 2.04 bits per heavy atom. The maximum Gasteiger partial charge on any atom is 0.163 e. The van der Waals surface area contributed by atoms with Gasteiger partial charge in [-0.15, -0.1) is 0 Å². The Hall–Kier alpha value is -2.44. The molecule has 0 amide bonds. The molecule has 0 fully saturated rings. The molecule has 0 atom stereocenters. The fraction of sp³-hybridized carbons (Fsp3) is 0.294. The molecular formula is C17H20N4O2. The second kappa shape index (κ2) is 7.21. The second-order valence-corrected chi connectivity index (χ2v) is 5.18. The normalized spacial score (nSPS) is 11.0. The summed E-state index contributed by atoms with van der Waals surface area (Å²) >= 11 is 0. The Balaban J connectivity index is 2.01. The van der Waals surface area contributed by atoms with Crippen LogP contribution in [0.5, 0.6) is 5.75 Å². The average Bonchev–Trinajstić information content (AvgIpc) is 3.04. The highest BCUT2D eigenvalue weighted by atomic mass is 16.5. The molecule has 0 aliphatic rings. The van der Waals surface area contributed by atoms with E-state index in [2.05, 4.69) is 26.9 Å². The summed E-state index contributed by atoms with van der Waals surface area (Å²) in [4.78, 5) is 9.10. The minimum atomic E-state index is 0.492. The van der Waals surface area contributed by atoms with Crippen LogP contribution in [0.15, 0.2) is 42.9 Å². The number of imidazole rings is 1. The van der Waals surface area contributed by atoms with Gasteiger partial charge in [0.05, 0.1) is 24.8 Å². The lowest BCUT2D eigenvalue weighted by Crippen LogP contribution is -2.12. The molecule has 2 heterocycles. The number of nitrogens with zero attached hydrogens (tertiary/aromatic N) is 3. The summed E-state index contributed by atoms with van der Waals surface area (Å²) < 4.78 is 7.90. The van der Waals surface area contributed by atoms with Crippen molar-refractivity contribution >= 4 is 11.0 Å². The molecule has 0 radical (unpaired) electrons. The molecule has 0 aliphatic heterocycles. The number of hydroxylamine groups is 1. The van der Waals surface area contributed by atoms with Crippen LogP contribution >= 0.6 is 0 Å². The summed E-state index contributed by atoms with van der Waals surface area (Å²) in [5.74, 6) is 0.719. The molecule has 0 bridgehead atoms. The molecule has 6 heteroatoms. The van der Waals surface area contributed by atoms with Crippen molar-refractivity contribution in [3.63, 3.8) is 0 Å². The van der Waals surface area contributed by atoms with E-state index >= 15 is 0 Å². The van der Waals surface area contributed by atoms with Crippen LogP contribution in [0.1, 0.15) is 13.3 Å². The van der Waals surface area contributed by atoms with E-state index in [1.54, 1.807) is 6.20 Å². The quantitative estimate of drug-likeness (QED) is 0.518. The van der Waals surface area contributed by atoms with Crippen LogP contribution < -0.4 is 10.2 Å². The third-order valence-corrected chi connectivity index (χ3v) is 3.68. The fourth-order valence-corrected chi connectivity index (χ4v) is 2.55. The highest BCUT2D eigenvalue weighted by molar-refractivity contribution is 5.93. The SMILES string of the molecule is CCn1cnc2c(-c3ccccc3)ncc(OCCCNO)c21. The van der Waals surface area contributed by atoms with E-state index in [0.717, 1.165) is 34.6 Å². The molecule has 23 heavy (non-hydrogen) atoms. The first-order valence-corrected chi connectivity index (χ1v) is 7.74. The summed E-state index contributed by atoms with van der Waals surface area (Å²) in [6.45, 7) is 3.88. The van der Waals surface area contributed by atoms with E-state index in [1.165, 1.54) is 0 Å². The van der Waals surface area contributed by atoms with Gasteiger partial charge >= 0.3 is 0 Å². The summed E-state index contributed by atoms with van der Waals surface area (Å²) in [7, 11) is 0. The molecule has 2 N–H and O–H groups in total. The summed E-state index contributed by atoms with van der Waals surface area (Å²) in [6, 6.07) is 10.0. The van der Waals surface area contributed by atoms with E-state index in [4.69, 9.17) is 9.94 Å². The van der Waals surface area contributed by atoms with Gasteiger partial charge < -0.3 is 14.5 Å². The molecular weight excluding hydrogens is 292 g/mol. The molecule has 120 valence electrons. The van der Waals surface area contributed by atoms with Gasteiger partial charge in [0.2, 0.25) is 0 Å². The Morgan fingerprint density at radius 3 is 2.78 bits per heavy atom. The number of benzene rings is 1. The van der Waals surface area contributed by atoms with E-state index in [0.29, 0.717) is 19.6 Å². The van der Waals surface area contributed by atoms with E-state index in [1.807, 2.05) is 36.7 Å². The van der Waals surface area contributed by atoms with Crippen LogP contribution in [-0.4, -0.2) is 32.9 Å². The highest BCUT2D eigenvalue weighted by Gasteiger charge is 2.15. The molecule has 0 unspecified atom stereocenters. The van der Waals surface area contributed by atoms with Gasteiger partial charge in [-0.25, -0.2) is 15.4 Å². The van der Waals surface area contributed by atoms with Gasteiger partial charge in [-0.1, -0.05) is 30.3 Å². The van der Waals surface area contributed by atoms with Gasteiger partial charge in [0.15, 0.2) is 5.75 Å². The summed E-state index contributed by atoms with van der Waals surface area (Å²) in [5.41, 5.74) is 5.82. The Labute approximate surface area is 134 Å². The lowest BCUT2D eigenvalue weighted by Gasteiger charge is -2.11. The zero-order chi connectivity index (χ0) is 16.1. The minimum Gasteiger partial charge on any atom is -0.490 e. The van der Waals surface area contributed by atoms with E-state index in [-0.39, 0.29) is 0 Å². The van der Waals surface area contributed by atoms with Gasteiger partial charge in [-0.2, -0.15) is 0 Å². The fourth-order valence-electron chi connectivity index (χ4n) is 2.55. The molecule has 3 aromatic rings. The number of rotatable bonds is 7. The first kappa shape index (κ1) is 15.5. The number of aryl methyl sites for hydroxylation is 1. The number of ether oxygens (including phenoxy) is 1. The van der Waals surface area contributed by atoms with Crippen molar-refractivity contribution in [2.24, 2.45) is 0 Å². The topological polar surface area (TPSA) is 72.2 Å². The number of hydrogen-bond acceptors (Lipinski definition) is 5. The number of nitrogens with one attached hydrogen (secondary N) is 1. The van der Waals surface area contributed by atoms with Crippen LogP contribution in [0, 0.1) is 0 Å². The molecule has 3 rings (SSSR count). The Morgan fingerprint density at radius 1 is 1.22 bits per heavy atom. The van der Waals surface area contributed by atoms with Crippen LogP contribution in [-0.2, 0) is 6.54 Å². The van der Waals surface area contributed by atoms with Crippen molar-refractivity contribution < 1.29 is 9.94 Å². The van der Waals surface area contributed by atoms with Crippen molar-refractivity contribution in [1.82, 2.24) is 20.0 Å². The Kier molecular flexibility index (Phi) is 4.85. The van der Waals surface area contributed by atoms with Crippen molar-refractivity contribution in [1.29, 1.82) is 0 Å². The zero-order valence-electron chi connectivity index (χ0n) is 13.1. The maximum atomic E-state index is 8.61. The largest absolute Gasteiger partial charge is 0.490 e. The van der Waals surface area contributed by atoms with Crippen LogP contribution in [0.25, 0.3) is 22.3 Å². The predicted molar refractivity (Wildman–Crippen MR) is 88.5 cm³/mol. The second-order valence-electron chi connectivity index (χ2n) is 5.18. The molecule has 6 nitrogen and oxygen atoms in total. The number of pyridine rings is 1. The van der Waals surface area contributed by atoms with Crippen molar-refractivity contribution in [2.75, 3.05) is 13.2 Å². The molecule has 0 saturated heterocycles. The van der Waals surface area contributed by atoms with Gasteiger partial charge in [-0.3, -0.25) is 0 Å². The maximum absolute atomic E-state index is 8.61. The minimum absolute atomic E-state index is 0.492. The number of hydrogen-bond donors (Lipinski definition) is 2. The van der Waals surface area contributed by atoms with Gasteiger partial charge in [0, 0.05) is 18.7 Å². The number of aromatic nitrogens is 3. The molecule has 0 saturated carbocycles. The smallest absolute Gasteiger partial charge is 0.163 e. The standard InChI is InChI=1S/C17H20N4O2/c1-2-21-12-19-16-15(13-7-4-3-5-8-13)18-11-14(17(16)21)23-10-6-9-20-22/h3-5,7-8,11-12,20,22H,2,6,9-10H2,1H3. The lowest BCUT2D eigenvalue weighted by atomic mass is 10.1. The third-order valence-electron chi connectivity index (χ3n) is 3.68. The molecule has 1 aromatic carbocycles. The van der Waals surface area contributed by atoms with Gasteiger partial charge in [0.1, 0.15) is 11.0 Å². The average molecular weight is 312 g/mol. The third kappa shape index (κ3) is 3.18. The monoisotopic (exact) mass is 312 g/mol. The first-order chi connectivity index (χ1) is 11.3. The predicted octanol–water partition coefficient (Wildman–Crippen LogP) is 2.87. The molecule has 0 spiro atoms. The number of fused-ring (bicyclic) bond motifs is 1. The van der Waals surface area contributed by atoms with Crippen molar-refractivity contribution in [3.05, 3.63) is 42.9 Å². The first-order valence-electron chi connectivity index (χ1n) is 7.74. The Bertz CT molecular complexity index is 771. The van der Waals surface area contributed by atoms with Gasteiger partial charge in [-0.05, 0) is 13.3 Å². The summed E-state index contributed by atoms with van der Waals surface area (Å²) in [5, 5.41) is 8.61. The van der Waals surface area contributed by atoms with E-state index < -0.39 is 0 Å². The molecule has 2 aromatic heterocycles. The lowest BCUT2D eigenvalue weighted by molar-refractivity contribution is 0.157. The zero-order valence-corrected chi connectivity index (χ0v) is 13.1. The van der Waals surface area contributed by atoms with Crippen LogP contribution in [0.4, 0.5) is 0 Å². The van der Waals surface area contributed by atoms with Crippen LogP contribution in [0.3, 0.4) is 0 Å². The highest BCUT2D eigenvalue weighted by Crippen LogP contribution is 2.31. The van der Waals surface area contributed by atoms with Crippen molar-refractivity contribution in [2.45, 2.75) is 19.9 Å².